The molecular formula is C15H15N5O. The van der Waals surface area contributed by atoms with Crippen molar-refractivity contribution >= 4 is 5.69 Å². The first-order chi connectivity index (χ1) is 10.3. The SMILES string of the molecule is Cn1ccnc1-c1noc(CC2CNc3ccccc32)n1. The number of aryl methyl sites for hydroxylation is 1. The predicted molar refractivity (Wildman–Crippen MR) is 77.9 cm³/mol. The Balaban J connectivity index is 1.57. The highest BCUT2D eigenvalue weighted by Crippen LogP contribution is 2.33. The number of nitrogens with one attached hydrogen (secondary N) is 1. The van der Waals surface area contributed by atoms with Crippen molar-refractivity contribution in [2.45, 2.75) is 12.3 Å². The fourth-order valence-corrected chi connectivity index (χ4v) is 2.76. The molecule has 0 spiro atoms. The third kappa shape index (κ3) is 2.08. The van der Waals surface area contributed by atoms with Crippen LogP contribution in [-0.2, 0) is 13.5 Å². The highest BCUT2D eigenvalue weighted by Gasteiger charge is 2.24. The van der Waals surface area contributed by atoms with E-state index < -0.39 is 0 Å². The third-order valence-corrected chi connectivity index (χ3v) is 3.85. The number of para-hydroxylation sites is 1. The molecule has 0 radical (unpaired) electrons. The van der Waals surface area contributed by atoms with Gasteiger partial charge in [-0.05, 0) is 11.6 Å². The number of anilines is 1. The summed E-state index contributed by atoms with van der Waals surface area (Å²) in [6.07, 6.45) is 4.33. The molecule has 0 saturated heterocycles. The van der Waals surface area contributed by atoms with Crippen LogP contribution >= 0.6 is 0 Å². The Hall–Kier alpha value is -2.63. The average Bonchev–Trinajstić information content (AvgIpc) is 3.20. The number of fused-ring (bicyclic) bond motifs is 1. The van der Waals surface area contributed by atoms with Crippen LogP contribution in [0.3, 0.4) is 0 Å². The van der Waals surface area contributed by atoms with Crippen molar-refractivity contribution in [1.29, 1.82) is 0 Å². The summed E-state index contributed by atoms with van der Waals surface area (Å²) < 4.78 is 7.25. The maximum atomic E-state index is 5.38. The second-order valence-electron chi connectivity index (χ2n) is 5.24. The molecule has 1 atom stereocenters. The van der Waals surface area contributed by atoms with E-state index in [-0.39, 0.29) is 0 Å². The lowest BCUT2D eigenvalue weighted by Gasteiger charge is -2.05. The molecular weight excluding hydrogens is 266 g/mol. The number of hydrogen-bond donors (Lipinski definition) is 1. The van der Waals surface area contributed by atoms with Gasteiger partial charge in [-0.15, -0.1) is 0 Å². The molecule has 6 nitrogen and oxygen atoms in total. The van der Waals surface area contributed by atoms with E-state index in [1.807, 2.05) is 23.9 Å². The number of hydrogen-bond acceptors (Lipinski definition) is 5. The maximum Gasteiger partial charge on any atom is 0.238 e. The van der Waals surface area contributed by atoms with Crippen LogP contribution in [0, 0.1) is 0 Å². The van der Waals surface area contributed by atoms with E-state index >= 15 is 0 Å². The summed E-state index contributed by atoms with van der Waals surface area (Å²) in [5, 5.41) is 7.44. The number of nitrogens with zero attached hydrogens (tertiary/aromatic N) is 4. The Bertz CT molecular complexity index is 776. The van der Waals surface area contributed by atoms with Gasteiger partial charge >= 0.3 is 0 Å². The van der Waals surface area contributed by atoms with E-state index in [1.165, 1.54) is 11.3 Å². The van der Waals surface area contributed by atoms with Crippen molar-refractivity contribution in [3.05, 3.63) is 48.1 Å². The molecule has 0 saturated carbocycles. The van der Waals surface area contributed by atoms with Gasteiger partial charge in [-0.2, -0.15) is 4.98 Å². The van der Waals surface area contributed by atoms with Gasteiger partial charge in [0.25, 0.3) is 0 Å². The molecule has 2 aromatic heterocycles. The minimum absolute atomic E-state index is 0.371. The van der Waals surface area contributed by atoms with Crippen molar-refractivity contribution in [2.75, 3.05) is 11.9 Å². The zero-order valence-corrected chi connectivity index (χ0v) is 11.7. The van der Waals surface area contributed by atoms with Crippen LogP contribution in [0.25, 0.3) is 11.6 Å². The number of benzene rings is 1. The Kier molecular flexibility index (Phi) is 2.73. The van der Waals surface area contributed by atoms with Gasteiger partial charge < -0.3 is 14.4 Å². The first kappa shape index (κ1) is 12.1. The molecule has 3 heterocycles. The van der Waals surface area contributed by atoms with Crippen LogP contribution in [0.5, 0.6) is 0 Å². The monoisotopic (exact) mass is 281 g/mol. The lowest BCUT2D eigenvalue weighted by molar-refractivity contribution is 0.371. The van der Waals surface area contributed by atoms with Crippen LogP contribution < -0.4 is 5.32 Å². The molecule has 1 unspecified atom stereocenters. The van der Waals surface area contributed by atoms with Gasteiger partial charge in [0, 0.05) is 44.0 Å². The van der Waals surface area contributed by atoms with Crippen LogP contribution in [0.1, 0.15) is 17.4 Å². The Morgan fingerprint density at radius 2 is 2.29 bits per heavy atom. The molecule has 4 rings (SSSR count). The van der Waals surface area contributed by atoms with Gasteiger partial charge in [-0.1, -0.05) is 23.4 Å². The minimum Gasteiger partial charge on any atom is -0.384 e. The van der Waals surface area contributed by atoms with E-state index in [2.05, 4.69) is 38.6 Å². The lowest BCUT2D eigenvalue weighted by Crippen LogP contribution is -2.05. The van der Waals surface area contributed by atoms with E-state index in [4.69, 9.17) is 4.52 Å². The van der Waals surface area contributed by atoms with Crippen molar-refractivity contribution in [3.8, 4) is 11.6 Å². The molecule has 1 aliphatic heterocycles. The zero-order chi connectivity index (χ0) is 14.2. The molecule has 0 fully saturated rings. The summed E-state index contributed by atoms with van der Waals surface area (Å²) in [5.74, 6) is 2.28. The molecule has 1 aliphatic rings. The Morgan fingerprint density at radius 1 is 1.38 bits per heavy atom. The number of rotatable bonds is 3. The van der Waals surface area contributed by atoms with E-state index in [9.17, 15) is 0 Å². The number of aromatic nitrogens is 4. The Labute approximate surface area is 121 Å². The van der Waals surface area contributed by atoms with Gasteiger partial charge in [0.05, 0.1) is 0 Å². The molecule has 0 amide bonds. The third-order valence-electron chi connectivity index (χ3n) is 3.85. The predicted octanol–water partition coefficient (Wildman–Crippen LogP) is 2.22. The molecule has 21 heavy (non-hydrogen) atoms. The smallest absolute Gasteiger partial charge is 0.238 e. The minimum atomic E-state index is 0.371. The summed E-state index contributed by atoms with van der Waals surface area (Å²) in [7, 11) is 1.91. The van der Waals surface area contributed by atoms with Crippen molar-refractivity contribution in [3.63, 3.8) is 0 Å². The van der Waals surface area contributed by atoms with Crippen LogP contribution in [-0.4, -0.2) is 26.2 Å². The molecule has 106 valence electrons. The van der Waals surface area contributed by atoms with Crippen LogP contribution in [0.4, 0.5) is 5.69 Å². The molecule has 0 bridgehead atoms. The second-order valence-corrected chi connectivity index (χ2v) is 5.24. The van der Waals surface area contributed by atoms with Gasteiger partial charge in [-0.25, -0.2) is 4.98 Å². The standard InChI is InChI=1S/C15H15N5O/c1-20-7-6-16-15(20)14-18-13(21-19-14)8-10-9-17-12-5-3-2-4-11(10)12/h2-7,10,17H,8-9H2,1H3. The molecule has 0 aliphatic carbocycles. The molecule has 3 aromatic rings. The van der Waals surface area contributed by atoms with Gasteiger partial charge in [0.15, 0.2) is 5.82 Å². The van der Waals surface area contributed by atoms with Gasteiger partial charge in [-0.3, -0.25) is 0 Å². The first-order valence-corrected chi connectivity index (χ1v) is 6.94. The van der Waals surface area contributed by atoms with Crippen LogP contribution in [0.15, 0.2) is 41.2 Å². The van der Waals surface area contributed by atoms with Crippen molar-refractivity contribution < 1.29 is 4.52 Å². The van der Waals surface area contributed by atoms with E-state index in [1.54, 1.807) is 6.20 Å². The summed E-state index contributed by atoms with van der Waals surface area (Å²) in [6.45, 7) is 0.902. The van der Waals surface area contributed by atoms with Crippen molar-refractivity contribution in [1.82, 2.24) is 19.7 Å². The number of imidazole rings is 1. The van der Waals surface area contributed by atoms with Gasteiger partial charge in [0.1, 0.15) is 0 Å². The second kappa shape index (κ2) is 4.73. The first-order valence-electron chi connectivity index (χ1n) is 6.94. The van der Waals surface area contributed by atoms with Crippen LogP contribution in [0.2, 0.25) is 0 Å². The Morgan fingerprint density at radius 3 is 3.14 bits per heavy atom. The topological polar surface area (TPSA) is 68.8 Å². The highest BCUT2D eigenvalue weighted by molar-refractivity contribution is 5.57. The van der Waals surface area contributed by atoms with Crippen molar-refractivity contribution in [2.24, 2.45) is 7.05 Å². The molecule has 1 aromatic carbocycles. The summed E-state index contributed by atoms with van der Waals surface area (Å²) >= 11 is 0. The molecule has 6 heteroatoms. The van der Waals surface area contributed by atoms with Gasteiger partial charge in [0.2, 0.25) is 11.7 Å². The summed E-state index contributed by atoms with van der Waals surface area (Å²) in [4.78, 5) is 8.69. The van der Waals surface area contributed by atoms with E-state index in [0.717, 1.165) is 18.8 Å². The maximum absolute atomic E-state index is 5.38. The summed E-state index contributed by atoms with van der Waals surface area (Å²) in [6, 6.07) is 8.35. The summed E-state index contributed by atoms with van der Waals surface area (Å²) in [5.41, 5.74) is 2.51. The van der Waals surface area contributed by atoms with E-state index in [0.29, 0.717) is 17.6 Å². The molecule has 1 N–H and O–H groups in total. The zero-order valence-electron chi connectivity index (χ0n) is 11.7. The highest BCUT2D eigenvalue weighted by atomic mass is 16.5. The quantitative estimate of drug-likeness (QED) is 0.797. The fraction of sp³-hybridized carbons (Fsp3) is 0.267. The normalized spacial score (nSPS) is 16.7. The average molecular weight is 281 g/mol. The fourth-order valence-electron chi connectivity index (χ4n) is 2.76. The largest absolute Gasteiger partial charge is 0.384 e. The lowest BCUT2D eigenvalue weighted by atomic mass is 9.98.